The summed E-state index contributed by atoms with van der Waals surface area (Å²) in [7, 11) is 0. The van der Waals surface area contributed by atoms with Crippen LogP contribution in [0.4, 0.5) is 38.1 Å². The van der Waals surface area contributed by atoms with E-state index in [2.05, 4.69) is 5.32 Å². The molecule has 1 heterocycles. The fourth-order valence-corrected chi connectivity index (χ4v) is 4.76. The number of anilines is 2. The summed E-state index contributed by atoms with van der Waals surface area (Å²) in [6.45, 7) is 4.15. The Balaban J connectivity index is 1.80. The van der Waals surface area contributed by atoms with Crippen molar-refractivity contribution >= 4 is 40.9 Å². The number of aliphatic hydroxyl groups excluding tert-OH is 1. The van der Waals surface area contributed by atoms with Crippen LogP contribution < -0.4 is 16.0 Å². The number of aliphatic hydroxyl groups is 1. The number of nitrogens with zero attached hydrogens (tertiary/aromatic N) is 3. The number of benzene rings is 2. The Hall–Kier alpha value is -3.69. The molecule has 0 saturated carbocycles. The Morgan fingerprint density at radius 2 is 1.71 bits per heavy atom. The second kappa shape index (κ2) is 14.6. The molecular weight excluding hydrogens is 629 g/mol. The van der Waals surface area contributed by atoms with Crippen LogP contribution in [0.1, 0.15) is 43.1 Å². The number of primary amides is 1. The van der Waals surface area contributed by atoms with Crippen molar-refractivity contribution in [1.29, 1.82) is 0 Å². The maximum Gasteiger partial charge on any atom is 0.411 e. The number of carbonyl (C=O) groups is 3. The number of rotatable bonds is 10. The highest BCUT2D eigenvalue weighted by molar-refractivity contribution is 6.31. The smallest absolute Gasteiger partial charge is 0.411 e. The molecule has 0 bridgehead atoms. The van der Waals surface area contributed by atoms with E-state index in [1.807, 2.05) is 4.90 Å². The minimum absolute atomic E-state index is 0.143. The van der Waals surface area contributed by atoms with Gasteiger partial charge in [-0.15, -0.1) is 0 Å². The minimum Gasteiger partial charge on any atom is -0.444 e. The van der Waals surface area contributed by atoms with E-state index < -0.39 is 78.1 Å². The van der Waals surface area contributed by atoms with Crippen molar-refractivity contribution in [2.45, 2.75) is 51.6 Å². The van der Waals surface area contributed by atoms with E-state index in [4.69, 9.17) is 22.1 Å². The van der Waals surface area contributed by atoms with Gasteiger partial charge in [-0.25, -0.2) is 13.6 Å². The van der Waals surface area contributed by atoms with Crippen LogP contribution in [-0.4, -0.2) is 90.0 Å². The predicted octanol–water partition coefficient (Wildman–Crippen LogP) is 4.53. The van der Waals surface area contributed by atoms with Crippen molar-refractivity contribution in [3.05, 3.63) is 58.1 Å². The van der Waals surface area contributed by atoms with Gasteiger partial charge in [-0.2, -0.15) is 13.2 Å². The number of nitrogens with two attached hydrogens (primary N) is 1. The first-order valence-electron chi connectivity index (χ1n) is 13.9. The van der Waals surface area contributed by atoms with Crippen molar-refractivity contribution in [3.63, 3.8) is 0 Å². The lowest BCUT2D eigenvalue weighted by Crippen LogP contribution is -2.51. The van der Waals surface area contributed by atoms with Crippen LogP contribution >= 0.6 is 11.6 Å². The maximum absolute atomic E-state index is 15.3. The first-order valence-corrected chi connectivity index (χ1v) is 14.3. The first-order chi connectivity index (χ1) is 20.9. The Morgan fingerprint density at radius 3 is 2.27 bits per heavy atom. The summed E-state index contributed by atoms with van der Waals surface area (Å²) < 4.78 is 73.6. The van der Waals surface area contributed by atoms with Gasteiger partial charge in [0.05, 0.1) is 36.5 Å². The van der Waals surface area contributed by atoms with Crippen molar-refractivity contribution in [3.8, 4) is 0 Å². The minimum atomic E-state index is -4.27. The van der Waals surface area contributed by atoms with E-state index in [0.717, 1.165) is 12.1 Å². The summed E-state index contributed by atoms with van der Waals surface area (Å²) in [4.78, 5) is 41.9. The first kappa shape index (κ1) is 35.8. The molecule has 1 aliphatic heterocycles. The summed E-state index contributed by atoms with van der Waals surface area (Å²) >= 11 is 6.17. The van der Waals surface area contributed by atoms with Crippen LogP contribution in [0.25, 0.3) is 0 Å². The normalized spacial score (nSPS) is 15.0. The van der Waals surface area contributed by atoms with Crippen molar-refractivity contribution < 1.29 is 46.2 Å². The zero-order valence-electron chi connectivity index (χ0n) is 24.9. The lowest BCUT2D eigenvalue weighted by atomic mass is 10.1. The number of hydrogen-bond acceptors (Lipinski definition) is 7. The summed E-state index contributed by atoms with van der Waals surface area (Å²) in [5.41, 5.74) is 3.82. The van der Waals surface area contributed by atoms with Crippen LogP contribution in [0.2, 0.25) is 5.02 Å². The van der Waals surface area contributed by atoms with Gasteiger partial charge in [-0.3, -0.25) is 19.4 Å². The monoisotopic (exact) mass is 663 g/mol. The highest BCUT2D eigenvalue weighted by Crippen LogP contribution is 2.32. The molecule has 10 nitrogen and oxygen atoms in total. The Bertz CT molecular complexity index is 1400. The number of amides is 3. The average Bonchev–Trinajstić information content (AvgIpc) is 2.93. The second-order valence-electron chi connectivity index (χ2n) is 11.4. The number of halogens is 6. The fourth-order valence-electron chi connectivity index (χ4n) is 4.59. The van der Waals surface area contributed by atoms with E-state index >= 15 is 8.78 Å². The molecule has 4 N–H and O–H groups in total. The Morgan fingerprint density at radius 1 is 1.07 bits per heavy atom. The maximum atomic E-state index is 15.3. The molecular formula is C29H35ClF5N5O5. The van der Waals surface area contributed by atoms with E-state index in [1.54, 1.807) is 31.7 Å². The zero-order chi connectivity index (χ0) is 33.7. The van der Waals surface area contributed by atoms with Gasteiger partial charge in [0.1, 0.15) is 11.6 Å². The van der Waals surface area contributed by atoms with Gasteiger partial charge in [-0.1, -0.05) is 17.7 Å². The third-order valence-electron chi connectivity index (χ3n) is 6.89. The van der Waals surface area contributed by atoms with Crippen molar-refractivity contribution in [1.82, 2.24) is 9.80 Å². The van der Waals surface area contributed by atoms with Gasteiger partial charge in [0.2, 0.25) is 5.91 Å². The van der Waals surface area contributed by atoms with Gasteiger partial charge in [-0.05, 0) is 45.0 Å². The Kier molecular flexibility index (Phi) is 11.6. The molecule has 1 atom stereocenters. The second-order valence-corrected chi connectivity index (χ2v) is 11.9. The quantitative estimate of drug-likeness (QED) is 0.319. The SMILES string of the molecule is CC(C)(C)OC(=O)N(Cc1ccc(C(=O)Nc2ccc(Cl)cc2N2CCN(CCC(F)(F)F)CC2)c(F)c1F)[C@@H](CO)C(N)=O. The number of alkyl halides is 3. The fraction of sp³-hybridized carbons (Fsp3) is 0.483. The van der Waals surface area contributed by atoms with E-state index in [-0.39, 0.29) is 12.2 Å². The van der Waals surface area contributed by atoms with Crippen LogP contribution in [0, 0.1) is 11.6 Å². The summed E-state index contributed by atoms with van der Waals surface area (Å²) in [5, 5.41) is 12.5. The number of piperazine rings is 1. The molecule has 0 spiro atoms. The van der Waals surface area contributed by atoms with Crippen LogP contribution in [0.15, 0.2) is 30.3 Å². The van der Waals surface area contributed by atoms with Crippen LogP contribution in [-0.2, 0) is 16.1 Å². The summed E-state index contributed by atoms with van der Waals surface area (Å²) in [6, 6.07) is 4.91. The van der Waals surface area contributed by atoms with Crippen LogP contribution in [0.3, 0.4) is 0 Å². The topological polar surface area (TPSA) is 128 Å². The molecule has 2 aromatic carbocycles. The van der Waals surface area contributed by atoms with Gasteiger partial charge in [0, 0.05) is 43.3 Å². The molecule has 3 rings (SSSR count). The molecule has 0 aromatic heterocycles. The van der Waals surface area contributed by atoms with Gasteiger partial charge >= 0.3 is 12.3 Å². The lowest BCUT2D eigenvalue weighted by molar-refractivity contribution is -0.138. The largest absolute Gasteiger partial charge is 0.444 e. The molecule has 1 saturated heterocycles. The third kappa shape index (κ3) is 9.90. The number of ether oxygens (including phenoxy) is 1. The van der Waals surface area contributed by atoms with Gasteiger partial charge in [0.25, 0.3) is 5.91 Å². The molecule has 3 amide bonds. The Labute approximate surface area is 261 Å². The van der Waals surface area contributed by atoms with E-state index in [1.165, 1.54) is 12.1 Å². The zero-order valence-corrected chi connectivity index (χ0v) is 25.6. The standard InChI is InChI=1S/C29H35ClF5N5O5/c1-28(2,3)45-27(44)40(22(16-41)25(36)42)15-17-4-6-19(24(32)23(17)31)26(43)37-20-7-5-18(30)14-21(20)39-12-10-38(11-13-39)9-8-29(33,34)35/h4-7,14,22,41H,8-13,15-16H2,1-3H3,(H2,36,42)(H,37,43)/t22-/m0/s1. The molecule has 1 fully saturated rings. The summed E-state index contributed by atoms with van der Waals surface area (Å²) in [5.74, 6) is -5.15. The third-order valence-corrected chi connectivity index (χ3v) is 7.12. The van der Waals surface area contributed by atoms with Crippen molar-refractivity contribution in [2.75, 3.05) is 49.5 Å². The van der Waals surface area contributed by atoms with Crippen LogP contribution in [0.5, 0.6) is 0 Å². The highest BCUT2D eigenvalue weighted by atomic mass is 35.5. The van der Waals surface area contributed by atoms with Gasteiger partial charge in [0.15, 0.2) is 11.6 Å². The number of hydrogen-bond donors (Lipinski definition) is 3. The summed E-state index contributed by atoms with van der Waals surface area (Å²) in [6.07, 6.45) is -6.31. The predicted molar refractivity (Wildman–Crippen MR) is 157 cm³/mol. The highest BCUT2D eigenvalue weighted by Gasteiger charge is 2.33. The van der Waals surface area contributed by atoms with E-state index in [0.29, 0.717) is 41.8 Å². The molecule has 45 heavy (non-hydrogen) atoms. The molecule has 1 aliphatic rings. The molecule has 0 radical (unpaired) electrons. The van der Waals surface area contributed by atoms with E-state index in [9.17, 15) is 32.7 Å². The molecule has 0 aliphatic carbocycles. The van der Waals surface area contributed by atoms with Crippen molar-refractivity contribution in [2.24, 2.45) is 5.73 Å². The average molecular weight is 664 g/mol. The molecule has 0 unspecified atom stereocenters. The number of nitrogens with one attached hydrogen (secondary N) is 1. The lowest BCUT2D eigenvalue weighted by Gasteiger charge is -2.37. The van der Waals surface area contributed by atoms with Gasteiger partial charge < -0.3 is 25.8 Å². The molecule has 16 heteroatoms. The molecule has 2 aromatic rings. The number of carbonyl (C=O) groups excluding carboxylic acids is 3. The molecule has 248 valence electrons.